The summed E-state index contributed by atoms with van der Waals surface area (Å²) in [6, 6.07) is 4.02. The predicted molar refractivity (Wildman–Crippen MR) is 58.8 cm³/mol. The lowest BCUT2D eigenvalue weighted by Crippen LogP contribution is -2.09. The minimum absolute atomic E-state index is 0.292. The molecule has 0 bridgehead atoms. The lowest BCUT2D eigenvalue weighted by molar-refractivity contribution is 0.151. The van der Waals surface area contributed by atoms with Crippen LogP contribution in [0.2, 0.25) is 0 Å². The molecule has 3 nitrogen and oxygen atoms in total. The highest BCUT2D eigenvalue weighted by molar-refractivity contribution is 5.35. The monoisotopic (exact) mass is 228 g/mol. The van der Waals surface area contributed by atoms with Gasteiger partial charge in [0.2, 0.25) is 0 Å². The Labute approximate surface area is 94.5 Å². The Hall–Kier alpha value is -1.13. The van der Waals surface area contributed by atoms with Gasteiger partial charge in [-0.1, -0.05) is 0 Å². The molecule has 1 rings (SSSR count). The number of halogens is 1. The average Bonchev–Trinajstić information content (AvgIpc) is 2.16. The Morgan fingerprint density at radius 3 is 2.56 bits per heavy atom. The summed E-state index contributed by atoms with van der Waals surface area (Å²) in [7, 11) is 0. The molecular weight excluding hydrogens is 211 g/mol. The number of ether oxygens (including phenoxy) is 1. The SMILES string of the molecule is CC(O)CCOc1cc(F)ccc1C(C)O. The second kappa shape index (κ2) is 5.82. The molecule has 2 N–H and O–H groups in total. The lowest BCUT2D eigenvalue weighted by atomic mass is 10.1. The number of hydrogen-bond acceptors (Lipinski definition) is 3. The van der Waals surface area contributed by atoms with Crippen LogP contribution in [-0.2, 0) is 0 Å². The van der Waals surface area contributed by atoms with Crippen molar-refractivity contribution in [3.8, 4) is 5.75 Å². The number of rotatable bonds is 5. The van der Waals surface area contributed by atoms with Crippen molar-refractivity contribution in [2.45, 2.75) is 32.5 Å². The van der Waals surface area contributed by atoms with E-state index in [1.807, 2.05) is 0 Å². The zero-order valence-corrected chi connectivity index (χ0v) is 9.48. The summed E-state index contributed by atoms with van der Waals surface area (Å²) in [5.41, 5.74) is 0.548. The molecule has 0 amide bonds. The van der Waals surface area contributed by atoms with Gasteiger partial charge in [-0.3, -0.25) is 0 Å². The highest BCUT2D eigenvalue weighted by atomic mass is 19.1. The second-order valence-electron chi connectivity index (χ2n) is 3.84. The highest BCUT2D eigenvalue weighted by Crippen LogP contribution is 2.26. The van der Waals surface area contributed by atoms with Crippen LogP contribution in [0, 0.1) is 5.82 Å². The van der Waals surface area contributed by atoms with E-state index in [1.54, 1.807) is 13.8 Å². The Kier molecular flexibility index (Phi) is 4.71. The second-order valence-corrected chi connectivity index (χ2v) is 3.84. The molecule has 2 atom stereocenters. The van der Waals surface area contributed by atoms with Crippen LogP contribution in [-0.4, -0.2) is 22.9 Å². The van der Waals surface area contributed by atoms with Gasteiger partial charge >= 0.3 is 0 Å². The van der Waals surface area contributed by atoms with Crippen molar-refractivity contribution in [2.24, 2.45) is 0 Å². The fraction of sp³-hybridized carbons (Fsp3) is 0.500. The zero-order valence-electron chi connectivity index (χ0n) is 9.48. The quantitative estimate of drug-likeness (QED) is 0.810. The average molecular weight is 228 g/mol. The zero-order chi connectivity index (χ0) is 12.1. The van der Waals surface area contributed by atoms with Gasteiger partial charge in [0.1, 0.15) is 11.6 Å². The van der Waals surface area contributed by atoms with Crippen LogP contribution in [0.4, 0.5) is 4.39 Å². The number of benzene rings is 1. The van der Waals surface area contributed by atoms with E-state index < -0.39 is 18.0 Å². The van der Waals surface area contributed by atoms with E-state index in [4.69, 9.17) is 9.84 Å². The van der Waals surface area contributed by atoms with Gasteiger partial charge in [-0.25, -0.2) is 4.39 Å². The van der Waals surface area contributed by atoms with Crippen LogP contribution in [0.15, 0.2) is 18.2 Å². The van der Waals surface area contributed by atoms with E-state index in [0.29, 0.717) is 24.3 Å². The van der Waals surface area contributed by atoms with Crippen LogP contribution in [0.1, 0.15) is 31.9 Å². The van der Waals surface area contributed by atoms with Gasteiger partial charge in [-0.15, -0.1) is 0 Å². The summed E-state index contributed by atoms with van der Waals surface area (Å²) < 4.78 is 18.3. The molecule has 0 saturated heterocycles. The molecule has 90 valence electrons. The first-order valence-electron chi connectivity index (χ1n) is 5.29. The van der Waals surface area contributed by atoms with Crippen LogP contribution in [0.5, 0.6) is 5.75 Å². The van der Waals surface area contributed by atoms with E-state index in [9.17, 15) is 9.50 Å². The normalized spacial score (nSPS) is 14.6. The van der Waals surface area contributed by atoms with Gasteiger partial charge in [-0.05, 0) is 26.0 Å². The molecule has 0 aromatic heterocycles. The van der Waals surface area contributed by atoms with Gasteiger partial charge in [0.05, 0.1) is 18.8 Å². The molecule has 0 spiro atoms. The van der Waals surface area contributed by atoms with Crippen LogP contribution < -0.4 is 4.74 Å². The Morgan fingerprint density at radius 1 is 1.31 bits per heavy atom. The number of hydrogen-bond donors (Lipinski definition) is 2. The van der Waals surface area contributed by atoms with Gasteiger partial charge in [0.15, 0.2) is 0 Å². The molecule has 0 fully saturated rings. The van der Waals surface area contributed by atoms with Gasteiger partial charge in [0, 0.05) is 18.1 Å². The number of aliphatic hydroxyl groups excluding tert-OH is 2. The Balaban J connectivity index is 2.72. The predicted octanol–water partition coefficient (Wildman–Crippen LogP) is 2.03. The fourth-order valence-electron chi connectivity index (χ4n) is 1.32. The van der Waals surface area contributed by atoms with Crippen molar-refractivity contribution in [3.05, 3.63) is 29.6 Å². The molecule has 0 heterocycles. The summed E-state index contributed by atoms with van der Waals surface area (Å²) in [5, 5.41) is 18.5. The third-order valence-corrected chi connectivity index (χ3v) is 2.22. The first kappa shape index (κ1) is 12.9. The molecular formula is C12H17FO3. The van der Waals surface area contributed by atoms with Crippen LogP contribution in [0.25, 0.3) is 0 Å². The van der Waals surface area contributed by atoms with Crippen molar-refractivity contribution in [1.82, 2.24) is 0 Å². The maximum absolute atomic E-state index is 13.0. The molecule has 0 saturated carbocycles. The molecule has 1 aromatic carbocycles. The van der Waals surface area contributed by atoms with E-state index >= 15 is 0 Å². The van der Waals surface area contributed by atoms with Crippen molar-refractivity contribution >= 4 is 0 Å². The van der Waals surface area contributed by atoms with Gasteiger partial charge in [-0.2, -0.15) is 0 Å². The maximum Gasteiger partial charge on any atom is 0.127 e. The standard InChI is InChI=1S/C12H17FO3/c1-8(14)5-6-16-12-7-10(13)3-4-11(12)9(2)15/h3-4,7-9,14-15H,5-6H2,1-2H3. The third-order valence-electron chi connectivity index (χ3n) is 2.22. The van der Waals surface area contributed by atoms with E-state index in [0.717, 1.165) is 0 Å². The molecule has 0 radical (unpaired) electrons. The molecule has 4 heteroatoms. The molecule has 16 heavy (non-hydrogen) atoms. The maximum atomic E-state index is 13.0. The van der Waals surface area contributed by atoms with E-state index in [-0.39, 0.29) is 0 Å². The first-order valence-corrected chi connectivity index (χ1v) is 5.29. The van der Waals surface area contributed by atoms with Crippen molar-refractivity contribution < 1.29 is 19.3 Å². The van der Waals surface area contributed by atoms with Gasteiger partial charge < -0.3 is 14.9 Å². The van der Waals surface area contributed by atoms with E-state index in [1.165, 1.54) is 18.2 Å². The highest BCUT2D eigenvalue weighted by Gasteiger charge is 2.10. The summed E-state index contributed by atoms with van der Waals surface area (Å²) in [6.07, 6.45) is -0.693. The molecule has 0 aliphatic rings. The summed E-state index contributed by atoms with van der Waals surface area (Å²) in [4.78, 5) is 0. The van der Waals surface area contributed by atoms with Gasteiger partial charge in [0.25, 0.3) is 0 Å². The van der Waals surface area contributed by atoms with Crippen LogP contribution in [0.3, 0.4) is 0 Å². The Morgan fingerprint density at radius 2 is 2.00 bits per heavy atom. The summed E-state index contributed by atoms with van der Waals surface area (Å²) in [6.45, 7) is 3.54. The van der Waals surface area contributed by atoms with Crippen molar-refractivity contribution in [3.63, 3.8) is 0 Å². The smallest absolute Gasteiger partial charge is 0.127 e. The third kappa shape index (κ3) is 3.79. The molecule has 0 aliphatic carbocycles. The van der Waals surface area contributed by atoms with E-state index in [2.05, 4.69) is 0 Å². The lowest BCUT2D eigenvalue weighted by Gasteiger charge is -2.14. The molecule has 2 unspecified atom stereocenters. The number of aliphatic hydroxyl groups is 2. The largest absolute Gasteiger partial charge is 0.493 e. The topological polar surface area (TPSA) is 49.7 Å². The van der Waals surface area contributed by atoms with Crippen molar-refractivity contribution in [1.29, 1.82) is 0 Å². The fourth-order valence-corrected chi connectivity index (χ4v) is 1.32. The van der Waals surface area contributed by atoms with Crippen molar-refractivity contribution in [2.75, 3.05) is 6.61 Å². The summed E-state index contributed by atoms with van der Waals surface area (Å²) in [5.74, 6) is -0.0768. The molecule has 1 aromatic rings. The minimum atomic E-state index is -0.706. The van der Waals surface area contributed by atoms with Crippen LogP contribution >= 0.6 is 0 Å². The Bertz CT molecular complexity index is 337. The first-order chi connectivity index (χ1) is 7.50. The molecule has 0 aliphatic heterocycles. The minimum Gasteiger partial charge on any atom is -0.493 e. The summed E-state index contributed by atoms with van der Waals surface area (Å²) >= 11 is 0.